The van der Waals surface area contributed by atoms with Crippen LogP contribution in [0, 0.1) is 5.41 Å². The molecular weight excluding hydrogens is 272 g/mol. The van der Waals surface area contributed by atoms with E-state index in [1.54, 1.807) is 0 Å². The monoisotopic (exact) mass is 288 g/mol. The predicted molar refractivity (Wildman–Crippen MR) is 62.0 cm³/mol. The van der Waals surface area contributed by atoms with E-state index in [0.29, 0.717) is 0 Å². The van der Waals surface area contributed by atoms with Gasteiger partial charge in [-0.05, 0) is 11.8 Å². The van der Waals surface area contributed by atoms with E-state index in [4.69, 9.17) is 14.2 Å². The van der Waals surface area contributed by atoms with Crippen molar-refractivity contribution in [1.29, 1.82) is 0 Å². The van der Waals surface area contributed by atoms with Crippen LogP contribution in [0.25, 0.3) is 0 Å². The highest BCUT2D eigenvalue weighted by Crippen LogP contribution is 2.32. The summed E-state index contributed by atoms with van der Waals surface area (Å²) in [5.74, 6) is -1.08. The van der Waals surface area contributed by atoms with Crippen molar-refractivity contribution in [3.8, 4) is 0 Å². The first-order valence-corrected chi connectivity index (χ1v) is 7.02. The van der Waals surface area contributed by atoms with Crippen molar-refractivity contribution in [2.24, 2.45) is 5.41 Å². The Morgan fingerprint density at radius 2 is 1.71 bits per heavy atom. The van der Waals surface area contributed by atoms with Crippen LogP contribution in [0.2, 0.25) is 0 Å². The molecule has 0 saturated carbocycles. The summed E-state index contributed by atoms with van der Waals surface area (Å²) in [7, 11) is 0. The molecule has 0 aliphatic rings. The Bertz CT molecular complexity index is 328. The normalized spacial score (nSPS) is 19.4. The van der Waals surface area contributed by atoms with Crippen molar-refractivity contribution >= 4 is 28.1 Å². The Morgan fingerprint density at radius 1 is 1.24 bits per heavy atom. The molecule has 4 unspecified atom stereocenters. The fourth-order valence-corrected chi connectivity index (χ4v) is 3.45. The van der Waals surface area contributed by atoms with Crippen molar-refractivity contribution in [3.63, 3.8) is 0 Å². The molecule has 0 aromatic heterocycles. The largest absolute Gasteiger partial charge is 0.481 e. The van der Waals surface area contributed by atoms with Crippen molar-refractivity contribution in [1.82, 2.24) is 0 Å². The van der Waals surface area contributed by atoms with Crippen LogP contribution in [0.15, 0.2) is 0 Å². The number of hydrogen-bond acceptors (Lipinski definition) is 4. The molecule has 0 bridgehead atoms. The smallest absolute Gasteiger partial charge is 0.303 e. The van der Waals surface area contributed by atoms with Crippen LogP contribution in [0.1, 0.15) is 26.7 Å². The Morgan fingerprint density at radius 3 is 2.00 bits per heavy atom. The number of carboxylic acids is 1. The molecule has 0 rings (SSSR count). The van der Waals surface area contributed by atoms with Crippen LogP contribution >= 0.6 is 0 Å². The summed E-state index contributed by atoms with van der Waals surface area (Å²) < 4.78 is 39.6. The first-order valence-electron chi connectivity index (χ1n) is 4.68. The molecule has 102 valence electrons. The average Bonchev–Trinajstić information content (AvgIpc) is 2.13. The van der Waals surface area contributed by atoms with Gasteiger partial charge in [-0.2, -0.15) is 0 Å². The lowest BCUT2D eigenvalue weighted by molar-refractivity contribution is -0.137. The van der Waals surface area contributed by atoms with Gasteiger partial charge in [-0.25, -0.2) is 8.42 Å². The van der Waals surface area contributed by atoms with E-state index in [0.717, 1.165) is 0 Å². The third-order valence-electron chi connectivity index (χ3n) is 2.44. The second kappa shape index (κ2) is 6.55. The third kappa shape index (κ3) is 5.21. The number of aliphatic carboxylic acids is 1. The molecule has 4 atom stereocenters. The van der Waals surface area contributed by atoms with Crippen LogP contribution in [0.5, 0.6) is 0 Å². The predicted octanol–water partition coefficient (Wildman–Crippen LogP) is 0.00780. The summed E-state index contributed by atoms with van der Waals surface area (Å²) in [6, 6.07) is 0. The van der Waals surface area contributed by atoms with Crippen LogP contribution in [0.4, 0.5) is 0 Å². The van der Waals surface area contributed by atoms with E-state index in [2.05, 4.69) is 0 Å². The van der Waals surface area contributed by atoms with Crippen LogP contribution in [0.3, 0.4) is 0 Å². The Hall–Kier alpha value is -0.350. The van der Waals surface area contributed by atoms with Crippen molar-refractivity contribution in [2.45, 2.75) is 37.4 Å². The molecule has 0 fully saturated rings. The Balaban J connectivity index is 4.97. The van der Waals surface area contributed by atoms with Gasteiger partial charge in [0.25, 0.3) is 0 Å². The second-order valence-electron chi connectivity index (χ2n) is 4.25. The summed E-state index contributed by atoms with van der Waals surface area (Å²) in [4.78, 5) is 10.4. The van der Waals surface area contributed by atoms with E-state index < -0.39 is 44.2 Å². The molecular formula is C8H16O7S2. The van der Waals surface area contributed by atoms with Gasteiger partial charge < -0.3 is 19.3 Å². The SMILES string of the molecule is CC(C)(CCC(=O)O)C(C(O)S(=O)O)S(=O)O. The number of aliphatic hydroxyl groups is 1. The zero-order chi connectivity index (χ0) is 13.8. The molecule has 0 aromatic rings. The van der Waals surface area contributed by atoms with Gasteiger partial charge in [0.05, 0.1) is 0 Å². The lowest BCUT2D eigenvalue weighted by atomic mass is 9.84. The highest BCUT2D eigenvalue weighted by Gasteiger charge is 2.42. The van der Waals surface area contributed by atoms with E-state index in [1.807, 2.05) is 0 Å². The quantitative estimate of drug-likeness (QED) is 0.485. The van der Waals surface area contributed by atoms with Gasteiger partial charge in [0.2, 0.25) is 0 Å². The van der Waals surface area contributed by atoms with Gasteiger partial charge in [-0.3, -0.25) is 4.79 Å². The zero-order valence-electron chi connectivity index (χ0n) is 9.40. The summed E-state index contributed by atoms with van der Waals surface area (Å²) in [6.45, 7) is 2.93. The molecule has 0 radical (unpaired) electrons. The minimum Gasteiger partial charge on any atom is -0.481 e. The zero-order valence-corrected chi connectivity index (χ0v) is 11.0. The fraction of sp³-hybridized carbons (Fsp3) is 0.875. The topological polar surface area (TPSA) is 132 Å². The number of carbonyl (C=O) groups is 1. The van der Waals surface area contributed by atoms with Crippen LogP contribution < -0.4 is 0 Å². The van der Waals surface area contributed by atoms with Gasteiger partial charge in [0, 0.05) is 6.42 Å². The molecule has 4 N–H and O–H groups in total. The van der Waals surface area contributed by atoms with E-state index in [9.17, 15) is 18.3 Å². The molecule has 0 aliphatic carbocycles. The molecule has 9 heteroatoms. The van der Waals surface area contributed by atoms with E-state index in [-0.39, 0.29) is 12.8 Å². The molecule has 0 aliphatic heterocycles. The number of hydrogen-bond donors (Lipinski definition) is 4. The van der Waals surface area contributed by atoms with Crippen LogP contribution in [-0.2, 0) is 27.0 Å². The highest BCUT2D eigenvalue weighted by atomic mass is 32.2. The Labute approximate surface area is 104 Å². The molecule has 0 amide bonds. The van der Waals surface area contributed by atoms with Gasteiger partial charge in [0.15, 0.2) is 27.6 Å². The van der Waals surface area contributed by atoms with Crippen LogP contribution in [-0.4, -0.2) is 44.4 Å². The number of carboxylic acid groups (broad SMARTS) is 1. The number of rotatable bonds is 7. The molecule has 0 spiro atoms. The van der Waals surface area contributed by atoms with Crippen molar-refractivity contribution < 1.29 is 32.5 Å². The molecule has 0 saturated heterocycles. The molecule has 7 nitrogen and oxygen atoms in total. The first-order chi connectivity index (χ1) is 7.59. The summed E-state index contributed by atoms with van der Waals surface area (Å²) in [6.07, 6.45) is -0.251. The van der Waals surface area contributed by atoms with Crippen molar-refractivity contribution in [2.75, 3.05) is 0 Å². The summed E-state index contributed by atoms with van der Waals surface area (Å²) in [5.41, 5.74) is -2.96. The average molecular weight is 288 g/mol. The molecule has 0 aromatic carbocycles. The van der Waals surface area contributed by atoms with Gasteiger partial charge in [-0.1, -0.05) is 13.8 Å². The van der Waals surface area contributed by atoms with Gasteiger partial charge in [0.1, 0.15) is 5.25 Å². The lowest BCUT2D eigenvalue weighted by Gasteiger charge is -2.33. The maximum atomic E-state index is 11.1. The molecule has 17 heavy (non-hydrogen) atoms. The second-order valence-corrected chi connectivity index (χ2v) is 6.34. The minimum absolute atomic E-state index is 0.00750. The summed E-state index contributed by atoms with van der Waals surface area (Å²) in [5, 5.41) is 16.5. The van der Waals surface area contributed by atoms with E-state index in [1.165, 1.54) is 13.8 Å². The van der Waals surface area contributed by atoms with Gasteiger partial charge in [-0.15, -0.1) is 0 Å². The lowest BCUT2D eigenvalue weighted by Crippen LogP contribution is -2.45. The Kier molecular flexibility index (Phi) is 6.41. The van der Waals surface area contributed by atoms with Crippen molar-refractivity contribution in [3.05, 3.63) is 0 Å². The van der Waals surface area contributed by atoms with E-state index >= 15 is 0 Å². The maximum absolute atomic E-state index is 11.1. The molecule has 0 heterocycles. The minimum atomic E-state index is -2.67. The fourth-order valence-electron chi connectivity index (χ4n) is 1.44. The first kappa shape index (κ1) is 16.6. The standard InChI is InChI=1S/C8H16O7S2/c1-8(2,4-3-5(9)10)6(16(12)13)7(11)17(14)15/h6-7,11H,3-4H2,1-2H3,(H,9,10)(H,12,13)(H,14,15). The maximum Gasteiger partial charge on any atom is 0.303 e. The number of aliphatic hydroxyl groups excluding tert-OH is 1. The van der Waals surface area contributed by atoms with Gasteiger partial charge >= 0.3 is 5.97 Å². The third-order valence-corrected chi connectivity index (χ3v) is 4.62. The summed E-state index contributed by atoms with van der Waals surface area (Å²) >= 11 is -5.20. The highest BCUT2D eigenvalue weighted by molar-refractivity contribution is 7.84.